The minimum Gasteiger partial charge on any atom is -0.296 e. The van der Waals surface area contributed by atoms with E-state index < -0.39 is 0 Å². The zero-order valence-electron chi connectivity index (χ0n) is 12.1. The summed E-state index contributed by atoms with van der Waals surface area (Å²) in [5.41, 5.74) is 0.616. The molecule has 0 bridgehead atoms. The van der Waals surface area contributed by atoms with Crippen LogP contribution in [0.3, 0.4) is 0 Å². The van der Waals surface area contributed by atoms with E-state index in [1.165, 1.54) is 11.3 Å². The van der Waals surface area contributed by atoms with Crippen molar-refractivity contribution in [2.24, 2.45) is 0 Å². The molecule has 3 fully saturated rings. The Hall–Kier alpha value is -1.20. The van der Waals surface area contributed by atoms with E-state index >= 15 is 0 Å². The molecule has 2 aliphatic heterocycles. The summed E-state index contributed by atoms with van der Waals surface area (Å²) in [6, 6.07) is 6.44. The fraction of sp³-hybridized carbons (Fsp3) is 0.500. The van der Waals surface area contributed by atoms with Gasteiger partial charge in [0.05, 0.1) is 10.6 Å². The number of rotatable bonds is 1. The standard InChI is InChI=1S/C16H17ClN2O2S/c17-11-4-6-12(7-5-11)18-14(20)13-10-22-16(19(13)15(18)21)8-2-1-3-9-16/h4-7,13H,1-3,8-10H2/t13-/m0/s1. The molecule has 2 heterocycles. The van der Waals surface area contributed by atoms with Gasteiger partial charge in [0.15, 0.2) is 0 Å². The lowest BCUT2D eigenvalue weighted by atomic mass is 9.93. The van der Waals surface area contributed by atoms with Crippen LogP contribution in [-0.4, -0.2) is 33.5 Å². The van der Waals surface area contributed by atoms with Gasteiger partial charge in [-0.15, -0.1) is 11.8 Å². The van der Waals surface area contributed by atoms with Crippen molar-refractivity contribution in [1.29, 1.82) is 0 Å². The minimum atomic E-state index is -0.300. The van der Waals surface area contributed by atoms with Crippen LogP contribution in [0.15, 0.2) is 24.3 Å². The van der Waals surface area contributed by atoms with Crippen LogP contribution >= 0.6 is 23.4 Å². The van der Waals surface area contributed by atoms with Crippen molar-refractivity contribution in [2.45, 2.75) is 43.0 Å². The first kappa shape index (κ1) is 14.4. The van der Waals surface area contributed by atoms with Crippen molar-refractivity contribution in [3.8, 4) is 0 Å². The fourth-order valence-electron chi connectivity index (χ4n) is 3.82. The molecule has 2 saturated heterocycles. The Morgan fingerprint density at radius 2 is 1.77 bits per heavy atom. The highest BCUT2D eigenvalue weighted by atomic mass is 35.5. The summed E-state index contributed by atoms with van der Waals surface area (Å²) in [5.74, 6) is 0.622. The molecule has 0 unspecified atom stereocenters. The molecule has 1 aliphatic carbocycles. The first-order valence-electron chi connectivity index (χ1n) is 7.69. The van der Waals surface area contributed by atoms with Gasteiger partial charge >= 0.3 is 6.03 Å². The number of nitrogens with zero attached hydrogens (tertiary/aromatic N) is 2. The zero-order valence-corrected chi connectivity index (χ0v) is 13.7. The minimum absolute atomic E-state index is 0.0951. The summed E-state index contributed by atoms with van der Waals surface area (Å²) in [4.78, 5) is 28.7. The Kier molecular flexibility index (Phi) is 3.38. The largest absolute Gasteiger partial charge is 0.333 e. The zero-order chi connectivity index (χ0) is 15.3. The van der Waals surface area contributed by atoms with Gasteiger partial charge in [-0.2, -0.15) is 0 Å². The highest BCUT2D eigenvalue weighted by Crippen LogP contribution is 2.52. The number of fused-ring (bicyclic) bond motifs is 2. The molecule has 6 heteroatoms. The summed E-state index contributed by atoms with van der Waals surface area (Å²) in [6.45, 7) is 0. The van der Waals surface area contributed by atoms with Gasteiger partial charge in [0.2, 0.25) is 0 Å². The monoisotopic (exact) mass is 336 g/mol. The highest BCUT2D eigenvalue weighted by molar-refractivity contribution is 8.01. The Labute approximate surface area is 138 Å². The second-order valence-corrected chi connectivity index (χ2v) is 7.95. The van der Waals surface area contributed by atoms with Crippen LogP contribution in [0.1, 0.15) is 32.1 Å². The van der Waals surface area contributed by atoms with Crippen molar-refractivity contribution in [1.82, 2.24) is 4.90 Å². The van der Waals surface area contributed by atoms with E-state index in [9.17, 15) is 9.59 Å². The maximum atomic E-state index is 12.9. The highest BCUT2D eigenvalue weighted by Gasteiger charge is 2.59. The van der Waals surface area contributed by atoms with Crippen molar-refractivity contribution < 1.29 is 9.59 Å². The maximum Gasteiger partial charge on any atom is 0.333 e. The number of urea groups is 1. The molecule has 0 N–H and O–H groups in total. The van der Waals surface area contributed by atoms with Crippen LogP contribution in [0.2, 0.25) is 5.02 Å². The number of carbonyl (C=O) groups excluding carboxylic acids is 2. The fourth-order valence-corrected chi connectivity index (χ4v) is 5.63. The van der Waals surface area contributed by atoms with Gasteiger partial charge in [0, 0.05) is 10.8 Å². The molecule has 1 saturated carbocycles. The first-order valence-corrected chi connectivity index (χ1v) is 9.06. The van der Waals surface area contributed by atoms with Crippen LogP contribution in [0.25, 0.3) is 0 Å². The Morgan fingerprint density at radius 1 is 1.09 bits per heavy atom. The van der Waals surface area contributed by atoms with Gasteiger partial charge < -0.3 is 0 Å². The van der Waals surface area contributed by atoms with E-state index in [2.05, 4.69) is 0 Å². The van der Waals surface area contributed by atoms with Gasteiger partial charge in [0.25, 0.3) is 5.91 Å². The molecule has 4 rings (SSSR count). The van der Waals surface area contributed by atoms with Gasteiger partial charge in [-0.25, -0.2) is 9.69 Å². The van der Waals surface area contributed by atoms with E-state index in [1.54, 1.807) is 36.0 Å². The second-order valence-electron chi connectivity index (χ2n) is 6.14. The number of carbonyl (C=O) groups is 2. The van der Waals surface area contributed by atoms with Crippen molar-refractivity contribution >= 4 is 41.0 Å². The Balaban J connectivity index is 1.69. The molecule has 3 aliphatic rings. The number of amides is 3. The van der Waals surface area contributed by atoms with E-state index in [4.69, 9.17) is 11.6 Å². The summed E-state index contributed by atoms with van der Waals surface area (Å²) in [6.07, 6.45) is 5.50. The lowest BCUT2D eigenvalue weighted by Gasteiger charge is -2.39. The average molecular weight is 337 g/mol. The third-order valence-electron chi connectivity index (χ3n) is 4.88. The molecule has 3 amide bonds. The molecule has 116 valence electrons. The van der Waals surface area contributed by atoms with Gasteiger partial charge in [-0.3, -0.25) is 9.69 Å². The number of thioether (sulfide) groups is 1. The number of anilines is 1. The molecule has 1 spiro atoms. The molecular formula is C16H17ClN2O2S. The Bertz CT molecular complexity index is 628. The lowest BCUT2D eigenvalue weighted by molar-refractivity contribution is -0.119. The number of imide groups is 1. The average Bonchev–Trinajstić information content (AvgIpc) is 3.00. The molecular weight excluding hydrogens is 320 g/mol. The molecule has 0 aromatic heterocycles. The normalized spacial score (nSPS) is 26.9. The number of benzene rings is 1. The van der Waals surface area contributed by atoms with Crippen LogP contribution in [0, 0.1) is 0 Å². The molecule has 1 aromatic rings. The van der Waals surface area contributed by atoms with E-state index in [0.717, 1.165) is 25.7 Å². The van der Waals surface area contributed by atoms with Gasteiger partial charge in [-0.1, -0.05) is 30.9 Å². The summed E-state index contributed by atoms with van der Waals surface area (Å²) in [5, 5.41) is 0.600. The van der Waals surface area contributed by atoms with Crippen LogP contribution in [0.5, 0.6) is 0 Å². The smallest absolute Gasteiger partial charge is 0.296 e. The summed E-state index contributed by atoms with van der Waals surface area (Å²) in [7, 11) is 0. The quantitative estimate of drug-likeness (QED) is 0.731. The van der Waals surface area contributed by atoms with Crippen LogP contribution in [0.4, 0.5) is 10.5 Å². The van der Waals surface area contributed by atoms with Gasteiger partial charge in [0.1, 0.15) is 6.04 Å². The van der Waals surface area contributed by atoms with Gasteiger partial charge in [-0.05, 0) is 37.1 Å². The molecule has 0 radical (unpaired) electrons. The van der Waals surface area contributed by atoms with E-state index in [1.807, 2.05) is 4.90 Å². The molecule has 1 aromatic carbocycles. The molecule has 22 heavy (non-hydrogen) atoms. The Morgan fingerprint density at radius 3 is 2.45 bits per heavy atom. The third-order valence-corrected chi connectivity index (χ3v) is 6.76. The van der Waals surface area contributed by atoms with Crippen molar-refractivity contribution in [3.63, 3.8) is 0 Å². The second kappa shape index (κ2) is 5.17. The van der Waals surface area contributed by atoms with Crippen LogP contribution in [-0.2, 0) is 4.79 Å². The predicted octanol–water partition coefficient (Wildman–Crippen LogP) is 3.88. The van der Waals surface area contributed by atoms with E-state index in [-0.39, 0.29) is 22.9 Å². The number of hydrogen-bond donors (Lipinski definition) is 0. The molecule has 4 nitrogen and oxygen atoms in total. The van der Waals surface area contributed by atoms with E-state index in [0.29, 0.717) is 16.5 Å². The van der Waals surface area contributed by atoms with Crippen molar-refractivity contribution in [3.05, 3.63) is 29.3 Å². The number of hydrogen-bond acceptors (Lipinski definition) is 3. The summed E-state index contributed by atoms with van der Waals surface area (Å²) < 4.78 is 0. The summed E-state index contributed by atoms with van der Waals surface area (Å²) >= 11 is 7.70. The first-order chi connectivity index (χ1) is 10.6. The van der Waals surface area contributed by atoms with Crippen LogP contribution < -0.4 is 4.90 Å². The lowest BCUT2D eigenvalue weighted by Crippen LogP contribution is -2.48. The topological polar surface area (TPSA) is 40.6 Å². The predicted molar refractivity (Wildman–Crippen MR) is 88.2 cm³/mol. The SMILES string of the molecule is O=C1[C@@H]2CSC3(CCCCC3)N2C(=O)N1c1ccc(Cl)cc1. The maximum absolute atomic E-state index is 12.9. The third kappa shape index (κ3) is 1.98. The van der Waals surface area contributed by atoms with Crippen molar-refractivity contribution in [2.75, 3.05) is 10.7 Å². The number of halogens is 1. The molecule has 1 atom stereocenters.